The number of nitrogens with zero attached hydrogens (tertiary/aromatic N) is 2. The second kappa shape index (κ2) is 9.26. The molecule has 1 aliphatic heterocycles. The van der Waals surface area contributed by atoms with E-state index in [4.69, 9.17) is 9.47 Å². The number of anilines is 1. The van der Waals surface area contributed by atoms with E-state index in [0.717, 1.165) is 24.6 Å². The highest BCUT2D eigenvalue weighted by molar-refractivity contribution is 8.03. The fraction of sp³-hybridized carbons (Fsp3) is 0.261. The second-order valence-corrected chi connectivity index (χ2v) is 7.63. The van der Waals surface area contributed by atoms with E-state index in [-0.39, 0.29) is 24.0 Å². The van der Waals surface area contributed by atoms with Crippen molar-refractivity contribution in [2.45, 2.75) is 25.3 Å². The maximum absolute atomic E-state index is 5.51. The zero-order valence-electron chi connectivity index (χ0n) is 17.1. The van der Waals surface area contributed by atoms with Gasteiger partial charge in [0.15, 0.2) is 11.5 Å². The van der Waals surface area contributed by atoms with Gasteiger partial charge >= 0.3 is 0 Å². The molecule has 6 heteroatoms. The molecule has 0 radical (unpaired) electrons. The molecule has 1 aliphatic rings. The fourth-order valence-corrected chi connectivity index (χ4v) is 4.93. The SMILES string of the molecule is CCN1C(=Cc2ccc3ccccc3[n+]2CC)Sc2cc(OC)c(OC)cc21.[I-]. The van der Waals surface area contributed by atoms with Crippen LogP contribution in [0.2, 0.25) is 0 Å². The van der Waals surface area contributed by atoms with Gasteiger partial charge in [-0.2, -0.15) is 4.57 Å². The number of pyridine rings is 1. The number of halogens is 1. The lowest BCUT2D eigenvalue weighted by atomic mass is 10.2. The third kappa shape index (κ3) is 3.92. The molecule has 0 saturated heterocycles. The summed E-state index contributed by atoms with van der Waals surface area (Å²) in [4.78, 5) is 3.52. The lowest BCUT2D eigenvalue weighted by Gasteiger charge is -2.19. The van der Waals surface area contributed by atoms with Gasteiger partial charge in [-0.25, -0.2) is 0 Å². The van der Waals surface area contributed by atoms with Crippen molar-refractivity contribution in [2.24, 2.45) is 0 Å². The van der Waals surface area contributed by atoms with Crippen LogP contribution in [0.15, 0.2) is 58.5 Å². The summed E-state index contributed by atoms with van der Waals surface area (Å²) in [5.41, 5.74) is 3.63. The van der Waals surface area contributed by atoms with Crippen molar-refractivity contribution in [2.75, 3.05) is 25.7 Å². The molecule has 0 amide bonds. The van der Waals surface area contributed by atoms with E-state index in [9.17, 15) is 0 Å². The van der Waals surface area contributed by atoms with Crippen LogP contribution in [-0.4, -0.2) is 20.8 Å². The number of thioether (sulfide) groups is 1. The molecular weight excluding hydrogens is 495 g/mol. The molecule has 29 heavy (non-hydrogen) atoms. The number of hydrogen-bond donors (Lipinski definition) is 0. The molecule has 1 aromatic heterocycles. The van der Waals surface area contributed by atoms with Crippen molar-refractivity contribution < 1.29 is 38.0 Å². The van der Waals surface area contributed by atoms with Crippen molar-refractivity contribution in [3.63, 3.8) is 0 Å². The molecule has 152 valence electrons. The summed E-state index contributed by atoms with van der Waals surface area (Å²) in [6, 6.07) is 17.1. The molecule has 0 unspecified atom stereocenters. The van der Waals surface area contributed by atoms with E-state index >= 15 is 0 Å². The average Bonchev–Trinajstić information content (AvgIpc) is 3.08. The summed E-state index contributed by atoms with van der Waals surface area (Å²) in [7, 11) is 3.36. The minimum Gasteiger partial charge on any atom is -1.00 e. The molecule has 0 spiro atoms. The minimum absolute atomic E-state index is 0. The Bertz CT molecular complexity index is 1070. The van der Waals surface area contributed by atoms with E-state index in [0.29, 0.717) is 0 Å². The maximum atomic E-state index is 5.51. The summed E-state index contributed by atoms with van der Waals surface area (Å²) in [6.07, 6.45) is 2.28. The summed E-state index contributed by atoms with van der Waals surface area (Å²) in [5, 5.41) is 2.47. The molecule has 4 nitrogen and oxygen atoms in total. The highest BCUT2D eigenvalue weighted by atomic mass is 127. The van der Waals surface area contributed by atoms with E-state index in [1.54, 1.807) is 26.0 Å². The summed E-state index contributed by atoms with van der Waals surface area (Å²) < 4.78 is 13.4. The van der Waals surface area contributed by atoms with Crippen molar-refractivity contribution in [3.05, 3.63) is 59.3 Å². The number of para-hydroxylation sites is 1. The molecule has 2 heterocycles. The van der Waals surface area contributed by atoms with Gasteiger partial charge in [-0.05, 0) is 26.0 Å². The number of benzene rings is 2. The van der Waals surface area contributed by atoms with Gasteiger partial charge in [-0.15, -0.1) is 0 Å². The Morgan fingerprint density at radius 3 is 2.41 bits per heavy atom. The Kier molecular flexibility index (Phi) is 6.95. The first-order valence-electron chi connectivity index (χ1n) is 9.54. The number of aromatic nitrogens is 1. The van der Waals surface area contributed by atoms with Gasteiger partial charge in [0.1, 0.15) is 6.54 Å². The predicted octanol–water partition coefficient (Wildman–Crippen LogP) is 2.10. The van der Waals surface area contributed by atoms with Crippen LogP contribution in [0.4, 0.5) is 5.69 Å². The molecule has 0 atom stereocenters. The van der Waals surface area contributed by atoms with Crippen LogP contribution in [0, 0.1) is 0 Å². The second-order valence-electron chi connectivity index (χ2n) is 6.57. The molecule has 2 aromatic carbocycles. The topological polar surface area (TPSA) is 25.6 Å². The van der Waals surface area contributed by atoms with Crippen LogP contribution in [0.5, 0.6) is 11.5 Å². The number of ether oxygens (including phenoxy) is 2. The van der Waals surface area contributed by atoms with E-state index in [1.807, 2.05) is 0 Å². The van der Waals surface area contributed by atoms with Crippen molar-refractivity contribution in [1.29, 1.82) is 0 Å². The Labute approximate surface area is 193 Å². The molecule has 0 N–H and O–H groups in total. The molecule has 0 saturated carbocycles. The average molecular weight is 520 g/mol. The van der Waals surface area contributed by atoms with Gasteiger partial charge in [0.2, 0.25) is 11.2 Å². The molecule has 0 fully saturated rings. The van der Waals surface area contributed by atoms with Crippen molar-refractivity contribution in [3.8, 4) is 11.5 Å². The normalized spacial score (nSPS) is 14.1. The van der Waals surface area contributed by atoms with Crippen LogP contribution in [0.3, 0.4) is 0 Å². The Morgan fingerprint density at radius 1 is 1.00 bits per heavy atom. The fourth-order valence-electron chi connectivity index (χ4n) is 3.75. The Balaban J connectivity index is 0.00000240. The monoisotopic (exact) mass is 520 g/mol. The first-order valence-corrected chi connectivity index (χ1v) is 10.4. The predicted molar refractivity (Wildman–Crippen MR) is 116 cm³/mol. The molecule has 0 bridgehead atoms. The summed E-state index contributed by atoms with van der Waals surface area (Å²) >= 11 is 1.78. The standard InChI is InChI=1S/C23H25N2O2S.HI/c1-5-24-17(12-11-16-9-7-8-10-18(16)24)13-23-25(6-2)19-14-20(26-3)21(27-4)15-22(19)28-23;/h7-15H,5-6H2,1-4H3;1H/q+1;/p-1. The van der Waals surface area contributed by atoms with Gasteiger partial charge in [0.05, 0.1) is 24.9 Å². The highest BCUT2D eigenvalue weighted by Gasteiger charge is 2.27. The van der Waals surface area contributed by atoms with Crippen LogP contribution in [0.25, 0.3) is 17.0 Å². The van der Waals surface area contributed by atoms with Crippen molar-refractivity contribution >= 4 is 34.4 Å². The van der Waals surface area contributed by atoms with Crippen LogP contribution in [0.1, 0.15) is 19.5 Å². The Hall–Kier alpha value is -1.93. The van der Waals surface area contributed by atoms with E-state index in [1.165, 1.54) is 32.2 Å². The maximum Gasteiger partial charge on any atom is 0.212 e. The number of aryl methyl sites for hydroxylation is 1. The number of methoxy groups -OCH3 is 2. The first kappa shape index (κ1) is 21.8. The van der Waals surface area contributed by atoms with E-state index < -0.39 is 0 Å². The molecular formula is C23H25IN2O2S. The van der Waals surface area contributed by atoms with Gasteiger partial charge in [-0.1, -0.05) is 23.9 Å². The molecule has 4 rings (SSSR count). The first-order chi connectivity index (χ1) is 13.7. The molecule has 3 aromatic rings. The quantitative estimate of drug-likeness (QED) is 0.381. The number of fused-ring (bicyclic) bond motifs is 2. The number of hydrogen-bond acceptors (Lipinski definition) is 4. The van der Waals surface area contributed by atoms with Crippen LogP contribution < -0.4 is 42.9 Å². The Morgan fingerprint density at radius 2 is 1.72 bits per heavy atom. The zero-order chi connectivity index (χ0) is 19.7. The van der Waals surface area contributed by atoms with Gasteiger partial charge in [-0.3, -0.25) is 0 Å². The highest BCUT2D eigenvalue weighted by Crippen LogP contribution is 2.50. The van der Waals surface area contributed by atoms with Gasteiger partial charge < -0.3 is 38.4 Å². The smallest absolute Gasteiger partial charge is 0.212 e. The molecule has 0 aliphatic carbocycles. The minimum atomic E-state index is 0. The number of rotatable bonds is 5. The third-order valence-electron chi connectivity index (χ3n) is 5.11. The zero-order valence-corrected chi connectivity index (χ0v) is 20.1. The van der Waals surface area contributed by atoms with E-state index in [2.05, 4.69) is 77.9 Å². The largest absolute Gasteiger partial charge is 1.00 e. The summed E-state index contributed by atoms with van der Waals surface area (Å²) in [6.45, 7) is 6.18. The third-order valence-corrected chi connectivity index (χ3v) is 6.21. The van der Waals surface area contributed by atoms with Crippen LogP contribution in [-0.2, 0) is 6.54 Å². The lowest BCUT2D eigenvalue weighted by molar-refractivity contribution is -0.669. The summed E-state index contributed by atoms with van der Waals surface area (Å²) in [5.74, 6) is 1.52. The van der Waals surface area contributed by atoms with Gasteiger partial charge in [0, 0.05) is 47.2 Å². The van der Waals surface area contributed by atoms with Crippen molar-refractivity contribution in [1.82, 2.24) is 0 Å². The van der Waals surface area contributed by atoms with Crippen LogP contribution >= 0.6 is 11.8 Å². The lowest BCUT2D eigenvalue weighted by Crippen LogP contribution is -3.00. The van der Waals surface area contributed by atoms with Gasteiger partial charge in [0.25, 0.3) is 0 Å².